The van der Waals surface area contributed by atoms with Gasteiger partial charge in [-0.3, -0.25) is 14.4 Å². The minimum absolute atomic E-state index is 0. The number of nitrogens with one attached hydrogen (secondary N) is 2. The smallest absolute Gasteiger partial charge is 0.225 e. The quantitative estimate of drug-likeness (QED) is 0.799. The molecule has 0 radical (unpaired) electrons. The normalized spacial score (nSPS) is 26.6. The zero-order chi connectivity index (χ0) is 16.2. The number of halogens is 2. The SMILES string of the molecule is CCN1CCCCC1CNC(=O)[C@H]1CNC[C@@H]1c1cnn(C)c1.Cl.Cl. The molecule has 2 aliphatic heterocycles. The summed E-state index contributed by atoms with van der Waals surface area (Å²) >= 11 is 0. The van der Waals surface area contributed by atoms with Crippen molar-refractivity contribution < 1.29 is 4.79 Å². The minimum atomic E-state index is 0. The Balaban J connectivity index is 0.00000156. The van der Waals surface area contributed by atoms with Crippen LogP contribution in [0.2, 0.25) is 0 Å². The van der Waals surface area contributed by atoms with E-state index in [0.717, 1.165) is 31.7 Å². The third-order valence-corrected chi connectivity index (χ3v) is 5.37. The van der Waals surface area contributed by atoms with E-state index in [2.05, 4.69) is 27.6 Å². The third kappa shape index (κ3) is 5.33. The maximum absolute atomic E-state index is 12.7. The molecule has 2 N–H and O–H groups in total. The molecule has 0 saturated carbocycles. The molecule has 0 aliphatic carbocycles. The Morgan fingerprint density at radius 1 is 1.36 bits per heavy atom. The van der Waals surface area contributed by atoms with Crippen molar-refractivity contribution >= 4 is 30.7 Å². The fourth-order valence-electron chi connectivity index (χ4n) is 3.99. The number of piperidine rings is 1. The molecular formula is C17H31Cl2N5O. The van der Waals surface area contributed by atoms with Gasteiger partial charge in [0.05, 0.1) is 12.1 Å². The lowest BCUT2D eigenvalue weighted by atomic mass is 9.90. The molecule has 1 unspecified atom stereocenters. The first-order valence-corrected chi connectivity index (χ1v) is 8.90. The highest BCUT2D eigenvalue weighted by Crippen LogP contribution is 2.28. The number of aromatic nitrogens is 2. The van der Waals surface area contributed by atoms with Gasteiger partial charge in [-0.05, 0) is 31.5 Å². The monoisotopic (exact) mass is 391 g/mol. The lowest BCUT2D eigenvalue weighted by Gasteiger charge is -2.35. The van der Waals surface area contributed by atoms with Gasteiger partial charge in [-0.15, -0.1) is 24.8 Å². The second-order valence-electron chi connectivity index (χ2n) is 6.84. The molecule has 1 aromatic rings. The molecule has 2 aliphatic rings. The van der Waals surface area contributed by atoms with Crippen LogP contribution in [0.3, 0.4) is 0 Å². The zero-order valence-electron chi connectivity index (χ0n) is 15.1. The van der Waals surface area contributed by atoms with Gasteiger partial charge in [-0.2, -0.15) is 5.10 Å². The van der Waals surface area contributed by atoms with Crippen molar-refractivity contribution in [3.8, 4) is 0 Å². The van der Waals surface area contributed by atoms with Gasteiger partial charge >= 0.3 is 0 Å². The van der Waals surface area contributed by atoms with Crippen LogP contribution in [0.25, 0.3) is 0 Å². The average Bonchev–Trinajstić information content (AvgIpc) is 3.21. The van der Waals surface area contributed by atoms with E-state index in [4.69, 9.17) is 0 Å². The number of hydrogen-bond donors (Lipinski definition) is 2. The van der Waals surface area contributed by atoms with Gasteiger partial charge in [0.2, 0.25) is 5.91 Å². The summed E-state index contributed by atoms with van der Waals surface area (Å²) in [6.45, 7) is 6.84. The standard InChI is InChI=1S/C17H29N5O.2ClH/c1-3-22-7-5-4-6-14(22)9-19-17(23)16-11-18-10-15(16)13-8-20-21(2)12-13;;/h8,12,14-16,18H,3-7,9-11H2,1-2H3,(H,19,23);2*1H/t14?,15-,16+;;/m1../s1. The van der Waals surface area contributed by atoms with Crippen LogP contribution in [0.4, 0.5) is 0 Å². The Hall–Kier alpha value is -0.820. The number of hydrogen-bond acceptors (Lipinski definition) is 4. The lowest BCUT2D eigenvalue weighted by Crippen LogP contribution is -2.48. The van der Waals surface area contributed by atoms with Gasteiger partial charge in [0.1, 0.15) is 0 Å². The molecule has 3 atom stereocenters. The first-order valence-electron chi connectivity index (χ1n) is 8.90. The molecule has 3 heterocycles. The van der Waals surface area contributed by atoms with Gasteiger partial charge < -0.3 is 10.6 Å². The van der Waals surface area contributed by atoms with Gasteiger partial charge in [-0.25, -0.2) is 0 Å². The maximum Gasteiger partial charge on any atom is 0.225 e. The van der Waals surface area contributed by atoms with Crippen LogP contribution in [0.1, 0.15) is 37.7 Å². The number of likely N-dealkylation sites (tertiary alicyclic amines) is 1. The van der Waals surface area contributed by atoms with E-state index in [1.807, 2.05) is 24.1 Å². The minimum Gasteiger partial charge on any atom is -0.354 e. The topological polar surface area (TPSA) is 62.2 Å². The van der Waals surface area contributed by atoms with Crippen LogP contribution in [-0.2, 0) is 11.8 Å². The van der Waals surface area contributed by atoms with E-state index >= 15 is 0 Å². The van der Waals surface area contributed by atoms with Gasteiger partial charge in [0.25, 0.3) is 0 Å². The second kappa shape index (κ2) is 10.4. The summed E-state index contributed by atoms with van der Waals surface area (Å²) < 4.78 is 1.81. The number of carbonyl (C=O) groups excluding carboxylic acids is 1. The highest BCUT2D eigenvalue weighted by Gasteiger charge is 2.35. The van der Waals surface area contributed by atoms with Crippen molar-refractivity contribution in [3.05, 3.63) is 18.0 Å². The van der Waals surface area contributed by atoms with Crippen LogP contribution in [0.5, 0.6) is 0 Å². The predicted octanol–water partition coefficient (Wildman–Crippen LogP) is 1.56. The molecule has 2 saturated heterocycles. The molecule has 25 heavy (non-hydrogen) atoms. The van der Waals surface area contributed by atoms with Gasteiger partial charge in [0, 0.05) is 44.8 Å². The average molecular weight is 392 g/mol. The second-order valence-corrected chi connectivity index (χ2v) is 6.84. The lowest BCUT2D eigenvalue weighted by molar-refractivity contribution is -0.125. The molecule has 1 amide bonds. The van der Waals surface area contributed by atoms with Crippen LogP contribution in [-0.4, -0.2) is 59.4 Å². The Morgan fingerprint density at radius 2 is 2.16 bits per heavy atom. The molecule has 0 bridgehead atoms. The van der Waals surface area contributed by atoms with E-state index in [9.17, 15) is 4.79 Å². The molecule has 0 aromatic carbocycles. The van der Waals surface area contributed by atoms with E-state index < -0.39 is 0 Å². The number of likely N-dealkylation sites (N-methyl/N-ethyl adjacent to an activating group) is 1. The summed E-state index contributed by atoms with van der Waals surface area (Å²) in [6.07, 6.45) is 7.67. The molecule has 8 heteroatoms. The first-order chi connectivity index (χ1) is 11.2. The third-order valence-electron chi connectivity index (χ3n) is 5.37. The fourth-order valence-corrected chi connectivity index (χ4v) is 3.99. The molecule has 2 fully saturated rings. The number of amides is 1. The first kappa shape index (κ1) is 22.2. The summed E-state index contributed by atoms with van der Waals surface area (Å²) in [4.78, 5) is 15.2. The van der Waals surface area contributed by atoms with Crippen LogP contribution >= 0.6 is 24.8 Å². The zero-order valence-corrected chi connectivity index (χ0v) is 16.7. The molecule has 6 nitrogen and oxygen atoms in total. The van der Waals surface area contributed by atoms with E-state index in [1.165, 1.54) is 25.8 Å². The maximum atomic E-state index is 12.7. The molecule has 1 aromatic heterocycles. The number of carbonyl (C=O) groups is 1. The Labute approximate surface area is 162 Å². The van der Waals surface area contributed by atoms with Crippen molar-refractivity contribution in [2.75, 3.05) is 32.7 Å². The van der Waals surface area contributed by atoms with Crippen LogP contribution in [0.15, 0.2) is 12.4 Å². The molecule has 3 rings (SSSR count). The highest BCUT2D eigenvalue weighted by atomic mass is 35.5. The summed E-state index contributed by atoms with van der Waals surface area (Å²) in [5.74, 6) is 0.431. The summed E-state index contributed by atoms with van der Waals surface area (Å²) in [6, 6.07) is 0.504. The van der Waals surface area contributed by atoms with Crippen LogP contribution in [0, 0.1) is 5.92 Å². The fraction of sp³-hybridized carbons (Fsp3) is 0.765. The highest BCUT2D eigenvalue weighted by molar-refractivity contribution is 5.85. The summed E-state index contributed by atoms with van der Waals surface area (Å²) in [5.41, 5.74) is 1.16. The molecular weight excluding hydrogens is 361 g/mol. The van der Waals surface area contributed by atoms with Crippen molar-refractivity contribution in [1.82, 2.24) is 25.3 Å². The van der Waals surface area contributed by atoms with Gasteiger partial charge in [0.15, 0.2) is 0 Å². The Kier molecular flexibility index (Phi) is 9.21. The largest absolute Gasteiger partial charge is 0.354 e. The molecule has 144 valence electrons. The van der Waals surface area contributed by atoms with E-state index in [1.54, 1.807) is 0 Å². The van der Waals surface area contributed by atoms with Crippen molar-refractivity contribution in [2.24, 2.45) is 13.0 Å². The Bertz CT molecular complexity index is 539. The van der Waals surface area contributed by atoms with Crippen molar-refractivity contribution in [2.45, 2.75) is 38.1 Å². The number of aryl methyl sites for hydroxylation is 1. The number of rotatable bonds is 5. The van der Waals surface area contributed by atoms with Crippen LogP contribution < -0.4 is 10.6 Å². The van der Waals surface area contributed by atoms with E-state index in [-0.39, 0.29) is 42.6 Å². The van der Waals surface area contributed by atoms with Crippen molar-refractivity contribution in [1.29, 1.82) is 0 Å². The Morgan fingerprint density at radius 3 is 2.84 bits per heavy atom. The number of nitrogens with zero attached hydrogens (tertiary/aromatic N) is 3. The van der Waals surface area contributed by atoms with Gasteiger partial charge in [-0.1, -0.05) is 13.3 Å². The summed E-state index contributed by atoms with van der Waals surface area (Å²) in [5, 5.41) is 10.8. The summed E-state index contributed by atoms with van der Waals surface area (Å²) in [7, 11) is 1.92. The predicted molar refractivity (Wildman–Crippen MR) is 105 cm³/mol. The van der Waals surface area contributed by atoms with E-state index in [0.29, 0.717) is 6.04 Å². The molecule has 0 spiro atoms. The van der Waals surface area contributed by atoms with Crippen molar-refractivity contribution in [3.63, 3.8) is 0 Å².